The number of hydrogen-bond donors (Lipinski definition) is 2. The van der Waals surface area contributed by atoms with Gasteiger partial charge < -0.3 is 34.1 Å². The van der Waals surface area contributed by atoms with Gasteiger partial charge in [0.2, 0.25) is 0 Å². The molecule has 13 heteroatoms. The van der Waals surface area contributed by atoms with Crippen molar-refractivity contribution in [3.05, 3.63) is 252 Å². The van der Waals surface area contributed by atoms with Crippen LogP contribution in [-0.2, 0) is 24.6 Å². The van der Waals surface area contributed by atoms with Gasteiger partial charge in [0, 0.05) is 12.2 Å². The number of imidazole rings is 1. The highest BCUT2D eigenvalue weighted by Gasteiger charge is 2.48. The number of thioether (sulfide) groups is 1. The van der Waals surface area contributed by atoms with Crippen LogP contribution in [0.15, 0.2) is 213 Å². The Hall–Kier alpha value is -7.65. The van der Waals surface area contributed by atoms with Crippen molar-refractivity contribution in [2.75, 3.05) is 38.5 Å². The largest absolute Gasteiger partial charge is 0.497 e. The molecule has 10 rings (SSSR count). The topological polar surface area (TPSA) is 139 Å². The summed E-state index contributed by atoms with van der Waals surface area (Å²) in [7, 11) is 3.28. The summed E-state index contributed by atoms with van der Waals surface area (Å²) in [5.41, 5.74) is 6.36. The Morgan fingerprint density at radius 2 is 1.12 bits per heavy atom. The molecule has 76 heavy (non-hydrogen) atoms. The molecule has 4 atom stereocenters. The molecule has 2 aromatic heterocycles. The van der Waals surface area contributed by atoms with E-state index in [-0.39, 0.29) is 23.1 Å². The van der Waals surface area contributed by atoms with Gasteiger partial charge in [-0.2, -0.15) is 0 Å². The van der Waals surface area contributed by atoms with Crippen molar-refractivity contribution >= 4 is 34.7 Å². The second-order valence-corrected chi connectivity index (χ2v) is 19.9. The first-order valence-electron chi connectivity index (χ1n) is 25.7. The number of nitrogens with zero attached hydrogens (tertiary/aromatic N) is 4. The van der Waals surface area contributed by atoms with Gasteiger partial charge in [0.05, 0.1) is 31.9 Å². The molecule has 0 unspecified atom stereocenters. The summed E-state index contributed by atoms with van der Waals surface area (Å²) in [4.78, 5) is 27.0. The van der Waals surface area contributed by atoms with Gasteiger partial charge >= 0.3 is 0 Å². The lowest BCUT2D eigenvalue weighted by molar-refractivity contribution is -0.0961. The lowest BCUT2D eigenvalue weighted by Crippen LogP contribution is -2.40. The van der Waals surface area contributed by atoms with Crippen LogP contribution in [0.1, 0.15) is 75.6 Å². The molecule has 1 fully saturated rings. The van der Waals surface area contributed by atoms with Crippen LogP contribution in [0.4, 0.5) is 5.82 Å². The molecular weight excluding hydrogens is 971 g/mol. The summed E-state index contributed by atoms with van der Waals surface area (Å²) in [5, 5.41) is 15.4. The Balaban J connectivity index is 0.893. The van der Waals surface area contributed by atoms with E-state index in [9.17, 15) is 9.90 Å². The molecule has 3 heterocycles. The minimum Gasteiger partial charge on any atom is -0.497 e. The summed E-state index contributed by atoms with van der Waals surface area (Å²) < 4.78 is 33.4. The van der Waals surface area contributed by atoms with E-state index in [1.54, 1.807) is 49.4 Å². The second-order valence-electron chi connectivity index (χ2n) is 18.6. The SMILES string of the molecule is COc1ccc(C(OC[C@H]2O[C@@H](n3cnc4c(NC(=O)c5ccccc5)ncnc43)[C@H](OCCCCCCSC(c3ccccc3)(c3ccccc3)c3ccccc3)[C@@H]2O)(c2ccccc2)c2ccc(OC)cc2)cc1. The van der Waals surface area contributed by atoms with Gasteiger partial charge in [-0.15, -0.1) is 11.8 Å². The maximum atomic E-state index is 13.3. The Labute approximate surface area is 448 Å². The zero-order chi connectivity index (χ0) is 52.2. The minimum absolute atomic E-state index is 0.0431. The Kier molecular flexibility index (Phi) is 16.6. The number of carbonyl (C=O) groups is 1. The maximum Gasteiger partial charge on any atom is 0.256 e. The predicted octanol–water partition coefficient (Wildman–Crippen LogP) is 12.0. The van der Waals surface area contributed by atoms with Crippen molar-refractivity contribution in [2.45, 2.75) is 60.6 Å². The van der Waals surface area contributed by atoms with Crippen molar-refractivity contribution in [3.63, 3.8) is 0 Å². The van der Waals surface area contributed by atoms with E-state index in [1.807, 2.05) is 96.7 Å². The molecular formula is C63H61N5O7S. The van der Waals surface area contributed by atoms with Gasteiger partial charge in [-0.05, 0) is 88.4 Å². The van der Waals surface area contributed by atoms with E-state index in [2.05, 4.69) is 106 Å². The van der Waals surface area contributed by atoms with Crippen LogP contribution in [0.2, 0.25) is 0 Å². The summed E-state index contributed by atoms with van der Waals surface area (Å²) in [5.74, 6) is 2.25. The van der Waals surface area contributed by atoms with Crippen LogP contribution in [0.3, 0.4) is 0 Å². The van der Waals surface area contributed by atoms with Crippen molar-refractivity contribution < 1.29 is 33.6 Å². The molecule has 0 aliphatic carbocycles. The number of hydrogen-bond acceptors (Lipinski definition) is 11. The number of fused-ring (bicyclic) bond motifs is 1. The number of methoxy groups -OCH3 is 2. The summed E-state index contributed by atoms with van der Waals surface area (Å²) in [6.45, 7) is 0.328. The number of benzene rings is 7. The van der Waals surface area contributed by atoms with Gasteiger partial charge in [0.1, 0.15) is 41.7 Å². The van der Waals surface area contributed by atoms with E-state index in [1.165, 1.54) is 23.0 Å². The zero-order valence-electron chi connectivity index (χ0n) is 42.6. The quantitative estimate of drug-likeness (QED) is 0.0467. The molecule has 0 saturated carbocycles. The highest BCUT2D eigenvalue weighted by atomic mass is 32.2. The average molecular weight is 1030 g/mol. The van der Waals surface area contributed by atoms with Crippen LogP contribution < -0.4 is 14.8 Å². The van der Waals surface area contributed by atoms with Gasteiger partial charge in [0.25, 0.3) is 5.91 Å². The molecule has 1 saturated heterocycles. The van der Waals surface area contributed by atoms with Gasteiger partial charge in [-0.1, -0.05) is 177 Å². The number of ether oxygens (including phenoxy) is 5. The fourth-order valence-corrected chi connectivity index (χ4v) is 11.8. The molecule has 386 valence electrons. The number of aliphatic hydroxyl groups excluding tert-OH is 1. The number of unbranched alkanes of at least 4 members (excludes halogenated alkanes) is 3. The van der Waals surface area contributed by atoms with Crippen molar-refractivity contribution in [1.29, 1.82) is 0 Å². The van der Waals surface area contributed by atoms with Gasteiger partial charge in [0.15, 0.2) is 23.2 Å². The van der Waals surface area contributed by atoms with Crippen molar-refractivity contribution in [2.24, 2.45) is 0 Å². The smallest absolute Gasteiger partial charge is 0.256 e. The molecule has 0 radical (unpaired) electrons. The Bertz CT molecular complexity index is 3100. The first-order chi connectivity index (χ1) is 37.4. The van der Waals surface area contributed by atoms with Gasteiger partial charge in [-0.25, -0.2) is 15.0 Å². The average Bonchev–Trinajstić information content (AvgIpc) is 4.14. The third-order valence-electron chi connectivity index (χ3n) is 14.1. The number of anilines is 1. The molecule has 12 nitrogen and oxygen atoms in total. The molecule has 9 aromatic rings. The number of aromatic nitrogens is 4. The lowest BCUT2D eigenvalue weighted by atomic mass is 9.80. The van der Waals surface area contributed by atoms with Crippen LogP contribution >= 0.6 is 11.8 Å². The third-order valence-corrected chi connectivity index (χ3v) is 15.7. The molecule has 1 aliphatic heterocycles. The Morgan fingerprint density at radius 1 is 0.618 bits per heavy atom. The first-order valence-corrected chi connectivity index (χ1v) is 26.7. The fraction of sp³-hybridized carbons (Fsp3) is 0.238. The molecule has 0 spiro atoms. The minimum atomic E-state index is -1.17. The summed E-state index contributed by atoms with van der Waals surface area (Å²) in [6, 6.07) is 66.9. The molecule has 1 aliphatic rings. The predicted molar refractivity (Wildman–Crippen MR) is 298 cm³/mol. The van der Waals surface area contributed by atoms with E-state index >= 15 is 0 Å². The van der Waals surface area contributed by atoms with Crippen LogP contribution in [0, 0.1) is 0 Å². The zero-order valence-corrected chi connectivity index (χ0v) is 43.4. The highest BCUT2D eigenvalue weighted by Crippen LogP contribution is 2.49. The monoisotopic (exact) mass is 1030 g/mol. The third kappa shape index (κ3) is 10.9. The fourth-order valence-electron chi connectivity index (χ4n) is 10.2. The molecule has 7 aromatic carbocycles. The van der Waals surface area contributed by atoms with E-state index in [4.69, 9.17) is 28.7 Å². The number of aliphatic hydroxyl groups is 1. The van der Waals surface area contributed by atoms with E-state index < -0.39 is 30.1 Å². The van der Waals surface area contributed by atoms with E-state index in [0.29, 0.717) is 34.8 Å². The number of nitrogens with one attached hydrogen (secondary N) is 1. The molecule has 1 amide bonds. The van der Waals surface area contributed by atoms with Crippen molar-refractivity contribution in [1.82, 2.24) is 19.5 Å². The molecule has 0 bridgehead atoms. The number of amides is 1. The second kappa shape index (κ2) is 24.3. The maximum absolute atomic E-state index is 13.3. The van der Waals surface area contributed by atoms with Crippen LogP contribution in [0.25, 0.3) is 11.2 Å². The van der Waals surface area contributed by atoms with Gasteiger partial charge in [-0.3, -0.25) is 9.36 Å². The standard InChI is InChI=1S/C63H61N5O7S/c1-71-52-36-32-47(33-37-52)62(46-24-12-6-13-25-46,48-34-38-53(72-2)39-35-48)74-42-54-56(69)57(61(75-54)68-44-66-55-58(64-43-65-59(55)68)67-60(70)45-22-10-5-11-23-45)73-40-20-3-4-21-41-76-63(49-26-14-7-15-27-49,50-28-16-8-17-29-50)51-30-18-9-19-31-51/h5-19,22-39,43-44,54,56-57,61,69H,3-4,20-21,40-42H2,1-2H3,(H,64,65,67,70)/t54-,56-,57-,61-/m1/s1. The van der Waals surface area contributed by atoms with Crippen LogP contribution in [-0.4, -0.2) is 82.0 Å². The van der Waals surface area contributed by atoms with Crippen molar-refractivity contribution in [3.8, 4) is 11.5 Å². The van der Waals surface area contributed by atoms with Crippen LogP contribution in [0.5, 0.6) is 11.5 Å². The normalized spacial score (nSPS) is 16.6. The lowest BCUT2D eigenvalue weighted by Gasteiger charge is -2.37. The number of rotatable bonds is 23. The number of carbonyl (C=O) groups excluding carboxylic acids is 1. The highest BCUT2D eigenvalue weighted by molar-refractivity contribution is 8.00. The molecule has 2 N–H and O–H groups in total. The summed E-state index contributed by atoms with van der Waals surface area (Å²) >= 11 is 1.97. The van der Waals surface area contributed by atoms with E-state index in [0.717, 1.165) is 48.1 Å². The Morgan fingerprint density at radius 3 is 1.66 bits per heavy atom. The first kappa shape index (κ1) is 51.8. The summed E-state index contributed by atoms with van der Waals surface area (Å²) in [6.07, 6.45) is 2.91.